The summed E-state index contributed by atoms with van der Waals surface area (Å²) in [6.45, 7) is 7.40. The van der Waals surface area contributed by atoms with Gasteiger partial charge in [-0.2, -0.15) is 0 Å². The maximum Gasteiger partial charge on any atom is 0.253 e. The lowest BCUT2D eigenvalue weighted by atomic mass is 10.1. The van der Waals surface area contributed by atoms with Gasteiger partial charge in [0.2, 0.25) is 5.91 Å². The van der Waals surface area contributed by atoms with Gasteiger partial charge < -0.3 is 15.0 Å². The van der Waals surface area contributed by atoms with Crippen LogP contribution < -0.4 is 10.1 Å². The monoisotopic (exact) mass is 457 g/mol. The van der Waals surface area contributed by atoms with Crippen molar-refractivity contribution in [3.8, 4) is 5.75 Å². The van der Waals surface area contributed by atoms with Crippen LogP contribution in [0.4, 0.5) is 5.69 Å². The van der Waals surface area contributed by atoms with E-state index in [1.54, 1.807) is 0 Å². The minimum absolute atomic E-state index is 0.00842. The Morgan fingerprint density at radius 2 is 1.56 bits per heavy atom. The normalized spacial score (nSPS) is 14.0. The summed E-state index contributed by atoms with van der Waals surface area (Å²) in [5.74, 6) is 0.716. The van der Waals surface area contributed by atoms with Crippen molar-refractivity contribution in [2.75, 3.05) is 38.0 Å². The molecule has 6 nitrogen and oxygen atoms in total. The van der Waals surface area contributed by atoms with E-state index in [0.29, 0.717) is 44.9 Å². The highest BCUT2D eigenvalue weighted by atomic mass is 16.5. The summed E-state index contributed by atoms with van der Waals surface area (Å²) < 4.78 is 5.81. The summed E-state index contributed by atoms with van der Waals surface area (Å²) in [5, 5.41) is 3.01. The smallest absolute Gasteiger partial charge is 0.253 e. The standard InChI is InChI=1S/C28H31N3O3/c1-21-7-6-10-26(22(21)2)29-27(32)19-30-15-17-31(18-16-30)28(33)24-11-13-25(14-12-24)34-20-23-8-4-3-5-9-23/h3-14H,15-20H2,1-2H3,(H,29,32). The van der Waals surface area contributed by atoms with Gasteiger partial charge in [0.05, 0.1) is 6.54 Å². The average molecular weight is 458 g/mol. The van der Waals surface area contributed by atoms with Crippen molar-refractivity contribution in [3.63, 3.8) is 0 Å². The molecule has 0 unspecified atom stereocenters. The minimum atomic E-state index is -0.0282. The lowest BCUT2D eigenvalue weighted by Crippen LogP contribution is -2.50. The number of carbonyl (C=O) groups is 2. The fourth-order valence-electron chi connectivity index (χ4n) is 4.01. The number of ether oxygens (including phenoxy) is 1. The number of hydrogen-bond acceptors (Lipinski definition) is 4. The molecular formula is C28H31N3O3. The van der Waals surface area contributed by atoms with E-state index in [1.165, 1.54) is 0 Å². The molecule has 0 aliphatic carbocycles. The molecule has 1 aliphatic heterocycles. The van der Waals surface area contributed by atoms with Crippen LogP contribution in [0.2, 0.25) is 0 Å². The largest absolute Gasteiger partial charge is 0.489 e. The fourth-order valence-corrected chi connectivity index (χ4v) is 4.01. The molecule has 0 aromatic heterocycles. The fraction of sp³-hybridized carbons (Fsp3) is 0.286. The topological polar surface area (TPSA) is 61.9 Å². The summed E-state index contributed by atoms with van der Waals surface area (Å²) in [7, 11) is 0. The average Bonchev–Trinajstić information content (AvgIpc) is 2.86. The molecule has 0 bridgehead atoms. The Morgan fingerprint density at radius 1 is 0.853 bits per heavy atom. The van der Waals surface area contributed by atoms with Gasteiger partial charge >= 0.3 is 0 Å². The molecule has 1 N–H and O–H groups in total. The Balaban J connectivity index is 1.24. The maximum absolute atomic E-state index is 12.9. The van der Waals surface area contributed by atoms with Crippen LogP contribution in [0.25, 0.3) is 0 Å². The molecule has 0 atom stereocenters. The van der Waals surface area contributed by atoms with Crippen molar-refractivity contribution >= 4 is 17.5 Å². The van der Waals surface area contributed by atoms with Crippen LogP contribution in [-0.4, -0.2) is 54.3 Å². The van der Waals surface area contributed by atoms with Crippen molar-refractivity contribution < 1.29 is 14.3 Å². The van der Waals surface area contributed by atoms with Crippen LogP contribution in [0.15, 0.2) is 72.8 Å². The van der Waals surface area contributed by atoms with Gasteiger partial charge in [0.15, 0.2) is 0 Å². The van der Waals surface area contributed by atoms with E-state index in [0.717, 1.165) is 28.1 Å². The first-order valence-corrected chi connectivity index (χ1v) is 11.6. The zero-order valence-electron chi connectivity index (χ0n) is 19.8. The van der Waals surface area contributed by atoms with Crippen LogP contribution in [0.1, 0.15) is 27.0 Å². The summed E-state index contributed by atoms with van der Waals surface area (Å²) >= 11 is 0. The lowest BCUT2D eigenvalue weighted by Gasteiger charge is -2.34. The number of aryl methyl sites for hydroxylation is 1. The first-order chi connectivity index (χ1) is 16.5. The number of nitrogens with one attached hydrogen (secondary N) is 1. The molecule has 34 heavy (non-hydrogen) atoms. The summed E-state index contributed by atoms with van der Waals surface area (Å²) in [5.41, 5.74) is 4.84. The predicted molar refractivity (Wildman–Crippen MR) is 134 cm³/mol. The molecule has 0 radical (unpaired) electrons. The molecule has 1 fully saturated rings. The Bertz CT molecular complexity index is 1120. The molecule has 4 rings (SSSR count). The molecule has 3 aromatic carbocycles. The van der Waals surface area contributed by atoms with Gasteiger partial charge in [0, 0.05) is 37.4 Å². The second-order valence-electron chi connectivity index (χ2n) is 8.66. The second-order valence-corrected chi connectivity index (χ2v) is 8.66. The van der Waals surface area contributed by atoms with E-state index in [4.69, 9.17) is 4.74 Å². The highest BCUT2D eigenvalue weighted by Gasteiger charge is 2.23. The first kappa shape index (κ1) is 23.5. The maximum atomic E-state index is 12.9. The Labute approximate surface area is 201 Å². The van der Waals surface area contributed by atoms with E-state index >= 15 is 0 Å². The lowest BCUT2D eigenvalue weighted by molar-refractivity contribution is -0.117. The predicted octanol–water partition coefficient (Wildman–Crippen LogP) is 4.28. The summed E-state index contributed by atoms with van der Waals surface area (Å²) in [6.07, 6.45) is 0. The number of amides is 2. The third-order valence-electron chi connectivity index (χ3n) is 6.26. The SMILES string of the molecule is Cc1cccc(NC(=O)CN2CCN(C(=O)c3ccc(OCc4ccccc4)cc3)CC2)c1C. The highest BCUT2D eigenvalue weighted by molar-refractivity contribution is 5.95. The Kier molecular flexibility index (Phi) is 7.60. The molecule has 1 aliphatic rings. The molecule has 6 heteroatoms. The summed E-state index contributed by atoms with van der Waals surface area (Å²) in [6, 6.07) is 23.2. The molecule has 1 saturated heterocycles. The van der Waals surface area contributed by atoms with Crippen molar-refractivity contribution in [3.05, 3.63) is 95.1 Å². The number of carbonyl (C=O) groups excluding carboxylic acids is 2. The molecule has 3 aromatic rings. The number of nitrogens with zero attached hydrogens (tertiary/aromatic N) is 2. The second kappa shape index (κ2) is 11.0. The number of benzene rings is 3. The van der Waals surface area contributed by atoms with Crippen molar-refractivity contribution in [1.82, 2.24) is 9.80 Å². The third kappa shape index (κ3) is 6.02. The van der Waals surface area contributed by atoms with Crippen LogP contribution in [0.5, 0.6) is 5.75 Å². The van der Waals surface area contributed by atoms with Crippen LogP contribution in [0, 0.1) is 13.8 Å². The molecule has 1 heterocycles. The quantitative estimate of drug-likeness (QED) is 0.575. The van der Waals surface area contributed by atoms with Gasteiger partial charge in [0.1, 0.15) is 12.4 Å². The van der Waals surface area contributed by atoms with Gasteiger partial charge in [-0.15, -0.1) is 0 Å². The Morgan fingerprint density at radius 3 is 2.26 bits per heavy atom. The van der Waals surface area contributed by atoms with Gasteiger partial charge in [-0.25, -0.2) is 0 Å². The highest BCUT2D eigenvalue weighted by Crippen LogP contribution is 2.19. The first-order valence-electron chi connectivity index (χ1n) is 11.6. The van der Waals surface area contributed by atoms with Gasteiger partial charge in [-0.05, 0) is 60.9 Å². The number of anilines is 1. The van der Waals surface area contributed by atoms with Crippen molar-refractivity contribution in [2.45, 2.75) is 20.5 Å². The zero-order chi connectivity index (χ0) is 23.9. The Hall–Kier alpha value is -3.64. The number of piperazine rings is 1. The van der Waals surface area contributed by atoms with E-state index in [2.05, 4.69) is 10.2 Å². The van der Waals surface area contributed by atoms with Crippen molar-refractivity contribution in [1.29, 1.82) is 0 Å². The van der Waals surface area contributed by atoms with E-state index in [-0.39, 0.29) is 11.8 Å². The summed E-state index contributed by atoms with van der Waals surface area (Å²) in [4.78, 5) is 29.4. The number of rotatable bonds is 7. The van der Waals surface area contributed by atoms with Gasteiger partial charge in [-0.3, -0.25) is 14.5 Å². The van der Waals surface area contributed by atoms with E-state index in [9.17, 15) is 9.59 Å². The molecule has 0 spiro atoms. The van der Waals surface area contributed by atoms with Crippen LogP contribution >= 0.6 is 0 Å². The van der Waals surface area contributed by atoms with E-state index < -0.39 is 0 Å². The minimum Gasteiger partial charge on any atom is -0.489 e. The molecule has 176 valence electrons. The molecule has 2 amide bonds. The zero-order valence-corrected chi connectivity index (χ0v) is 19.8. The van der Waals surface area contributed by atoms with Gasteiger partial charge in [0.25, 0.3) is 5.91 Å². The van der Waals surface area contributed by atoms with Crippen LogP contribution in [-0.2, 0) is 11.4 Å². The number of hydrogen-bond donors (Lipinski definition) is 1. The van der Waals surface area contributed by atoms with E-state index in [1.807, 2.05) is 91.5 Å². The van der Waals surface area contributed by atoms with Crippen LogP contribution in [0.3, 0.4) is 0 Å². The van der Waals surface area contributed by atoms with Crippen molar-refractivity contribution in [2.24, 2.45) is 0 Å². The third-order valence-corrected chi connectivity index (χ3v) is 6.26. The molecular weight excluding hydrogens is 426 g/mol. The molecule has 0 saturated carbocycles. The van der Waals surface area contributed by atoms with Gasteiger partial charge in [-0.1, -0.05) is 42.5 Å².